The zero-order valence-corrected chi connectivity index (χ0v) is 14.0. The number of hydrogen-bond acceptors (Lipinski definition) is 2. The first-order valence-corrected chi connectivity index (χ1v) is 8.01. The fraction of sp³-hybridized carbons (Fsp3) is 0.529. The molecule has 2 rings (SSSR count). The van der Waals surface area contributed by atoms with Crippen LogP contribution in [0.25, 0.3) is 0 Å². The summed E-state index contributed by atoms with van der Waals surface area (Å²) in [7, 11) is 0. The lowest BCUT2D eigenvalue weighted by molar-refractivity contribution is -0.187. The molecule has 4 atom stereocenters. The van der Waals surface area contributed by atoms with Crippen molar-refractivity contribution in [3.8, 4) is 0 Å². The number of carboxylic acid groups (broad SMARTS) is 1. The fourth-order valence-corrected chi connectivity index (χ4v) is 3.01. The van der Waals surface area contributed by atoms with E-state index in [2.05, 4.69) is 5.32 Å². The molecule has 1 saturated heterocycles. The van der Waals surface area contributed by atoms with Crippen LogP contribution >= 0.6 is 0 Å². The van der Waals surface area contributed by atoms with E-state index in [1.165, 1.54) is 0 Å². The molecule has 0 spiro atoms. The van der Waals surface area contributed by atoms with Gasteiger partial charge in [-0.2, -0.15) is 13.2 Å². The van der Waals surface area contributed by atoms with E-state index in [1.54, 1.807) is 6.92 Å². The summed E-state index contributed by atoms with van der Waals surface area (Å²) in [5.41, 5.74) is 0.994. The van der Waals surface area contributed by atoms with Crippen molar-refractivity contribution in [3.05, 3.63) is 35.9 Å². The van der Waals surface area contributed by atoms with Crippen LogP contribution in [0.4, 0.5) is 18.0 Å². The number of amides is 2. The standard InChI is InChI=1S/C17H21F3N2O3/c1-10(12-6-4-3-5-7-12)11(2)21-16(25)22-8-13(15(23)24)14(9-22)17(18,19)20/h3-7,10-11,13-14H,8-9H2,1-2H3,(H,21,25)(H,23,24)/t10?,11?,13-,14-/m1/s1. The van der Waals surface area contributed by atoms with E-state index in [1.807, 2.05) is 37.3 Å². The molecule has 5 nitrogen and oxygen atoms in total. The van der Waals surface area contributed by atoms with Gasteiger partial charge in [-0.1, -0.05) is 37.3 Å². The molecule has 0 radical (unpaired) electrons. The van der Waals surface area contributed by atoms with Gasteiger partial charge in [-0.05, 0) is 12.5 Å². The topological polar surface area (TPSA) is 69.6 Å². The number of nitrogens with zero attached hydrogens (tertiary/aromatic N) is 1. The fourth-order valence-electron chi connectivity index (χ4n) is 3.01. The minimum absolute atomic E-state index is 0.0403. The van der Waals surface area contributed by atoms with Crippen LogP contribution in [0.1, 0.15) is 25.3 Å². The number of likely N-dealkylation sites (tertiary alicyclic amines) is 1. The Labute approximate surface area is 143 Å². The van der Waals surface area contributed by atoms with Crippen LogP contribution in [0.2, 0.25) is 0 Å². The lowest BCUT2D eigenvalue weighted by Crippen LogP contribution is -2.45. The SMILES string of the molecule is CC(NC(=O)N1C[C@@H](C(F)(F)F)[C@H](C(=O)O)C1)C(C)c1ccccc1. The highest BCUT2D eigenvalue weighted by Gasteiger charge is 2.53. The summed E-state index contributed by atoms with van der Waals surface area (Å²) in [5.74, 6) is -5.25. The molecule has 0 saturated carbocycles. The quantitative estimate of drug-likeness (QED) is 0.869. The van der Waals surface area contributed by atoms with E-state index in [-0.39, 0.29) is 12.0 Å². The van der Waals surface area contributed by atoms with E-state index < -0.39 is 43.1 Å². The summed E-state index contributed by atoms with van der Waals surface area (Å²) >= 11 is 0. The van der Waals surface area contributed by atoms with Gasteiger partial charge < -0.3 is 15.3 Å². The van der Waals surface area contributed by atoms with Crippen molar-refractivity contribution >= 4 is 12.0 Å². The number of halogens is 3. The second-order valence-corrected chi connectivity index (χ2v) is 6.44. The summed E-state index contributed by atoms with van der Waals surface area (Å²) in [6.45, 7) is 2.58. The number of hydrogen-bond donors (Lipinski definition) is 2. The van der Waals surface area contributed by atoms with Crippen molar-refractivity contribution < 1.29 is 27.9 Å². The molecule has 2 amide bonds. The first kappa shape index (κ1) is 19.1. The molecule has 1 fully saturated rings. The molecular formula is C17H21F3N2O3. The van der Waals surface area contributed by atoms with Gasteiger partial charge in [-0.25, -0.2) is 4.79 Å². The number of rotatable bonds is 4. The van der Waals surface area contributed by atoms with Gasteiger partial charge in [0.25, 0.3) is 0 Å². The number of alkyl halides is 3. The molecule has 1 aliphatic rings. The number of aliphatic carboxylic acids is 1. The normalized spacial score (nSPS) is 23.2. The summed E-state index contributed by atoms with van der Waals surface area (Å²) < 4.78 is 39.0. The van der Waals surface area contributed by atoms with E-state index in [0.29, 0.717) is 0 Å². The zero-order chi connectivity index (χ0) is 18.8. The summed E-state index contributed by atoms with van der Waals surface area (Å²) in [4.78, 5) is 24.3. The Morgan fingerprint density at radius 2 is 1.80 bits per heavy atom. The first-order valence-electron chi connectivity index (χ1n) is 8.01. The van der Waals surface area contributed by atoms with E-state index >= 15 is 0 Å². The van der Waals surface area contributed by atoms with Gasteiger partial charge >= 0.3 is 18.2 Å². The molecule has 138 valence electrons. The summed E-state index contributed by atoms with van der Waals surface area (Å²) in [6, 6.07) is 8.43. The molecule has 0 aliphatic carbocycles. The zero-order valence-electron chi connectivity index (χ0n) is 14.0. The van der Waals surface area contributed by atoms with Crippen LogP contribution in [0, 0.1) is 11.8 Å². The molecule has 0 bridgehead atoms. The molecule has 25 heavy (non-hydrogen) atoms. The van der Waals surface area contributed by atoms with Crippen LogP contribution in [0.5, 0.6) is 0 Å². The molecule has 2 N–H and O–H groups in total. The molecule has 1 aromatic rings. The third kappa shape index (κ3) is 4.43. The van der Waals surface area contributed by atoms with Crippen LogP contribution < -0.4 is 5.32 Å². The van der Waals surface area contributed by atoms with Gasteiger partial charge in [0, 0.05) is 25.0 Å². The molecule has 8 heteroatoms. The molecule has 1 aliphatic heterocycles. The number of urea groups is 1. The maximum Gasteiger partial charge on any atom is 0.394 e. The number of carboxylic acids is 1. The highest BCUT2D eigenvalue weighted by molar-refractivity contribution is 5.78. The van der Waals surface area contributed by atoms with Gasteiger partial charge in [0.2, 0.25) is 0 Å². The van der Waals surface area contributed by atoms with E-state index in [9.17, 15) is 22.8 Å². The van der Waals surface area contributed by atoms with E-state index in [4.69, 9.17) is 5.11 Å². The monoisotopic (exact) mass is 358 g/mol. The van der Waals surface area contributed by atoms with Crippen LogP contribution in [-0.2, 0) is 4.79 Å². The molecule has 1 heterocycles. The van der Waals surface area contributed by atoms with Gasteiger partial charge in [0.1, 0.15) is 0 Å². The second-order valence-electron chi connectivity index (χ2n) is 6.44. The predicted octanol–water partition coefficient (Wildman–Crippen LogP) is 3.08. The third-order valence-electron chi connectivity index (χ3n) is 4.77. The largest absolute Gasteiger partial charge is 0.481 e. The average Bonchev–Trinajstić information content (AvgIpc) is 3.01. The third-order valence-corrected chi connectivity index (χ3v) is 4.77. The highest BCUT2D eigenvalue weighted by atomic mass is 19.4. The van der Waals surface area contributed by atoms with Gasteiger partial charge in [0.05, 0.1) is 11.8 Å². The van der Waals surface area contributed by atoms with Gasteiger partial charge in [-0.3, -0.25) is 4.79 Å². The molecule has 1 aromatic carbocycles. The molecule has 2 unspecified atom stereocenters. The summed E-state index contributed by atoms with van der Waals surface area (Å²) in [6.07, 6.45) is -4.65. The number of carbonyl (C=O) groups excluding carboxylic acids is 1. The van der Waals surface area contributed by atoms with Crippen molar-refractivity contribution in [3.63, 3.8) is 0 Å². The Bertz CT molecular complexity index is 621. The minimum atomic E-state index is -4.65. The highest BCUT2D eigenvalue weighted by Crippen LogP contribution is 2.37. The van der Waals surface area contributed by atoms with Gasteiger partial charge in [-0.15, -0.1) is 0 Å². The maximum absolute atomic E-state index is 13.0. The van der Waals surface area contributed by atoms with Crippen LogP contribution in [0.15, 0.2) is 30.3 Å². The van der Waals surface area contributed by atoms with Crippen molar-refractivity contribution in [2.45, 2.75) is 32.0 Å². The first-order chi connectivity index (χ1) is 11.6. The van der Waals surface area contributed by atoms with Gasteiger partial charge in [0.15, 0.2) is 0 Å². The Hall–Kier alpha value is -2.25. The lowest BCUT2D eigenvalue weighted by Gasteiger charge is -2.25. The maximum atomic E-state index is 13.0. The summed E-state index contributed by atoms with van der Waals surface area (Å²) in [5, 5.41) is 11.7. The smallest absolute Gasteiger partial charge is 0.394 e. The van der Waals surface area contributed by atoms with Crippen LogP contribution in [-0.4, -0.2) is 47.3 Å². The predicted molar refractivity (Wildman–Crippen MR) is 85.1 cm³/mol. The Balaban J connectivity index is 2.02. The van der Waals surface area contributed by atoms with Crippen molar-refractivity contribution in [2.75, 3.05) is 13.1 Å². The number of nitrogens with one attached hydrogen (secondary N) is 1. The second kappa shape index (κ2) is 7.33. The molecule has 0 aromatic heterocycles. The minimum Gasteiger partial charge on any atom is -0.481 e. The Morgan fingerprint density at radius 1 is 1.20 bits per heavy atom. The Kier molecular flexibility index (Phi) is 5.59. The van der Waals surface area contributed by atoms with Crippen molar-refractivity contribution in [2.24, 2.45) is 11.8 Å². The molecular weight excluding hydrogens is 337 g/mol. The number of carbonyl (C=O) groups is 2. The number of benzene rings is 1. The van der Waals surface area contributed by atoms with Crippen molar-refractivity contribution in [1.29, 1.82) is 0 Å². The lowest BCUT2D eigenvalue weighted by atomic mass is 9.94. The average molecular weight is 358 g/mol. The van der Waals surface area contributed by atoms with Crippen LogP contribution in [0.3, 0.4) is 0 Å². The Morgan fingerprint density at radius 3 is 2.28 bits per heavy atom. The van der Waals surface area contributed by atoms with Crippen molar-refractivity contribution in [1.82, 2.24) is 10.2 Å². The van der Waals surface area contributed by atoms with E-state index in [0.717, 1.165) is 10.5 Å².